The molecule has 0 aromatic heterocycles. The third-order valence-electron chi connectivity index (χ3n) is 3.01. The highest BCUT2D eigenvalue weighted by atomic mass is 28.4. The smallest absolute Gasteiger partial charge is 0.321 e. The van der Waals surface area contributed by atoms with E-state index in [-0.39, 0.29) is 6.42 Å². The number of rotatable bonds is 10. The van der Waals surface area contributed by atoms with Crippen LogP contribution in [0, 0.1) is 0 Å². The lowest BCUT2D eigenvalue weighted by Crippen LogP contribution is -2.41. The van der Waals surface area contributed by atoms with Crippen molar-refractivity contribution in [3.8, 4) is 0 Å². The molecular formula is C12H25NO5Si. The van der Waals surface area contributed by atoms with E-state index >= 15 is 0 Å². The fourth-order valence-corrected chi connectivity index (χ4v) is 3.91. The van der Waals surface area contributed by atoms with Crippen LogP contribution in [-0.4, -0.2) is 61.6 Å². The van der Waals surface area contributed by atoms with Gasteiger partial charge in [-0.1, -0.05) is 0 Å². The van der Waals surface area contributed by atoms with Crippen molar-refractivity contribution >= 4 is 20.3 Å². The van der Waals surface area contributed by atoms with Gasteiger partial charge in [0.25, 0.3) is 0 Å². The van der Waals surface area contributed by atoms with Gasteiger partial charge in [0.15, 0.2) is 8.32 Å². The van der Waals surface area contributed by atoms with E-state index in [2.05, 4.69) is 13.1 Å². The molecule has 1 atom stereocenters. The summed E-state index contributed by atoms with van der Waals surface area (Å²) in [6.45, 7) is 7.48. The molecule has 19 heavy (non-hydrogen) atoms. The molecule has 0 amide bonds. The van der Waals surface area contributed by atoms with Crippen LogP contribution < -0.4 is 0 Å². The SMILES string of the molecule is CCO[Si](C)(C)CCCN(C)[C@@H](CC(=O)O)C(=O)O. The van der Waals surface area contributed by atoms with E-state index in [9.17, 15) is 9.59 Å². The fraction of sp³-hybridized carbons (Fsp3) is 0.833. The maximum atomic E-state index is 11.0. The maximum Gasteiger partial charge on any atom is 0.321 e. The molecule has 0 saturated heterocycles. The number of carboxylic acids is 2. The van der Waals surface area contributed by atoms with Crippen molar-refractivity contribution in [3.63, 3.8) is 0 Å². The average molecular weight is 291 g/mol. The highest BCUT2D eigenvalue weighted by molar-refractivity contribution is 6.71. The zero-order valence-electron chi connectivity index (χ0n) is 12.2. The normalized spacial score (nSPS) is 13.5. The van der Waals surface area contributed by atoms with E-state index in [0.717, 1.165) is 12.5 Å². The summed E-state index contributed by atoms with van der Waals surface area (Å²) in [4.78, 5) is 23.2. The van der Waals surface area contributed by atoms with E-state index in [1.54, 1.807) is 11.9 Å². The summed E-state index contributed by atoms with van der Waals surface area (Å²) in [5.41, 5.74) is 0. The summed E-state index contributed by atoms with van der Waals surface area (Å²) >= 11 is 0. The van der Waals surface area contributed by atoms with Gasteiger partial charge in [-0.25, -0.2) is 0 Å². The molecule has 0 spiro atoms. The topological polar surface area (TPSA) is 87.1 Å². The fourth-order valence-electron chi connectivity index (χ4n) is 1.97. The minimum atomic E-state index is -1.65. The molecule has 0 saturated carbocycles. The molecule has 0 fully saturated rings. The van der Waals surface area contributed by atoms with E-state index in [4.69, 9.17) is 14.6 Å². The second kappa shape index (κ2) is 8.29. The molecule has 0 aromatic carbocycles. The summed E-state index contributed by atoms with van der Waals surface area (Å²) in [5, 5.41) is 17.7. The number of carboxylic acid groups (broad SMARTS) is 2. The Kier molecular flexibility index (Phi) is 7.89. The second-order valence-electron chi connectivity index (χ2n) is 5.23. The van der Waals surface area contributed by atoms with Crippen LogP contribution in [0.5, 0.6) is 0 Å². The van der Waals surface area contributed by atoms with Crippen LogP contribution in [0.15, 0.2) is 0 Å². The average Bonchev–Trinajstić information content (AvgIpc) is 2.24. The summed E-state index contributed by atoms with van der Waals surface area (Å²) in [7, 11) is -0.00478. The lowest BCUT2D eigenvalue weighted by Gasteiger charge is -2.26. The van der Waals surface area contributed by atoms with Gasteiger partial charge in [-0.05, 0) is 46.1 Å². The monoisotopic (exact) mass is 291 g/mol. The molecule has 0 aliphatic carbocycles. The van der Waals surface area contributed by atoms with E-state index in [1.807, 2.05) is 6.92 Å². The Morgan fingerprint density at radius 1 is 1.32 bits per heavy atom. The predicted molar refractivity (Wildman–Crippen MR) is 74.8 cm³/mol. The summed E-state index contributed by atoms with van der Waals surface area (Å²) in [5.74, 6) is -2.19. The number of aliphatic carboxylic acids is 2. The molecule has 0 rings (SSSR count). The van der Waals surface area contributed by atoms with Crippen LogP contribution in [0.3, 0.4) is 0 Å². The third-order valence-corrected chi connectivity index (χ3v) is 5.64. The Hall–Kier alpha value is -0.923. The highest BCUT2D eigenvalue weighted by Crippen LogP contribution is 2.14. The lowest BCUT2D eigenvalue weighted by atomic mass is 10.2. The first-order chi connectivity index (χ1) is 8.69. The highest BCUT2D eigenvalue weighted by Gasteiger charge is 2.26. The first-order valence-electron chi connectivity index (χ1n) is 6.48. The second-order valence-corrected chi connectivity index (χ2v) is 9.54. The number of hydrogen-bond acceptors (Lipinski definition) is 4. The van der Waals surface area contributed by atoms with E-state index < -0.39 is 26.3 Å². The largest absolute Gasteiger partial charge is 0.481 e. The molecular weight excluding hydrogens is 266 g/mol. The van der Waals surface area contributed by atoms with Crippen LogP contribution >= 0.6 is 0 Å². The molecule has 0 aromatic rings. The van der Waals surface area contributed by atoms with Gasteiger partial charge >= 0.3 is 11.9 Å². The molecule has 0 bridgehead atoms. The summed E-state index contributed by atoms with van der Waals surface area (Å²) in [6.07, 6.45) is 0.442. The molecule has 0 radical (unpaired) electrons. The molecule has 0 unspecified atom stereocenters. The van der Waals surface area contributed by atoms with Crippen molar-refractivity contribution in [2.24, 2.45) is 0 Å². The van der Waals surface area contributed by atoms with Crippen molar-refractivity contribution in [2.45, 2.75) is 44.9 Å². The standard InChI is InChI=1S/C12H25NO5Si/c1-5-18-19(3,4)8-6-7-13(2)10(12(16)17)9-11(14)15/h10H,5-9H2,1-4H3,(H,14,15)(H,16,17)/t10-/m0/s1. The van der Waals surface area contributed by atoms with E-state index in [0.29, 0.717) is 13.2 Å². The van der Waals surface area contributed by atoms with Gasteiger partial charge in [-0.2, -0.15) is 0 Å². The summed E-state index contributed by atoms with van der Waals surface area (Å²) < 4.78 is 5.69. The molecule has 6 nitrogen and oxygen atoms in total. The van der Waals surface area contributed by atoms with Gasteiger partial charge in [0.1, 0.15) is 6.04 Å². The van der Waals surface area contributed by atoms with Crippen LogP contribution in [0.1, 0.15) is 19.8 Å². The molecule has 0 aliphatic heterocycles. The van der Waals surface area contributed by atoms with Gasteiger partial charge in [0.2, 0.25) is 0 Å². The number of likely N-dealkylation sites (N-methyl/N-ethyl adjacent to an activating group) is 1. The van der Waals surface area contributed by atoms with Crippen molar-refractivity contribution in [2.75, 3.05) is 20.2 Å². The van der Waals surface area contributed by atoms with Crippen LogP contribution in [0.25, 0.3) is 0 Å². The zero-order chi connectivity index (χ0) is 15.1. The van der Waals surface area contributed by atoms with Gasteiger partial charge in [-0.3, -0.25) is 14.5 Å². The molecule has 0 aliphatic rings. The number of carbonyl (C=O) groups is 2. The van der Waals surface area contributed by atoms with Gasteiger partial charge in [0.05, 0.1) is 6.42 Å². The molecule has 112 valence electrons. The number of hydrogen-bond donors (Lipinski definition) is 2. The van der Waals surface area contributed by atoms with Crippen LogP contribution in [0.2, 0.25) is 19.1 Å². The van der Waals surface area contributed by atoms with Gasteiger partial charge in [0, 0.05) is 6.61 Å². The van der Waals surface area contributed by atoms with Crippen molar-refractivity contribution in [1.29, 1.82) is 0 Å². The predicted octanol–water partition coefficient (Wildman–Crippen LogP) is 1.48. The lowest BCUT2D eigenvalue weighted by molar-refractivity contribution is -0.149. The third kappa shape index (κ3) is 7.96. The van der Waals surface area contributed by atoms with Crippen molar-refractivity contribution in [3.05, 3.63) is 0 Å². The molecule has 7 heteroatoms. The zero-order valence-corrected chi connectivity index (χ0v) is 13.2. The minimum Gasteiger partial charge on any atom is -0.481 e. The minimum absolute atomic E-state index is 0.377. The Morgan fingerprint density at radius 3 is 2.32 bits per heavy atom. The quantitative estimate of drug-likeness (QED) is 0.593. The Balaban J connectivity index is 4.23. The molecule has 2 N–H and O–H groups in total. The Morgan fingerprint density at radius 2 is 1.89 bits per heavy atom. The van der Waals surface area contributed by atoms with Crippen molar-refractivity contribution in [1.82, 2.24) is 4.90 Å². The first-order valence-corrected chi connectivity index (χ1v) is 9.60. The van der Waals surface area contributed by atoms with Gasteiger partial charge < -0.3 is 14.6 Å². The van der Waals surface area contributed by atoms with Gasteiger partial charge in [-0.15, -0.1) is 0 Å². The Labute approximate surface area is 115 Å². The summed E-state index contributed by atoms with van der Waals surface area (Å²) in [6, 6.07) is -0.0284. The van der Waals surface area contributed by atoms with E-state index in [1.165, 1.54) is 0 Å². The van der Waals surface area contributed by atoms with Crippen LogP contribution in [-0.2, 0) is 14.0 Å². The van der Waals surface area contributed by atoms with Crippen molar-refractivity contribution < 1.29 is 24.2 Å². The number of nitrogens with zero attached hydrogens (tertiary/aromatic N) is 1. The van der Waals surface area contributed by atoms with Crippen LogP contribution in [0.4, 0.5) is 0 Å². The maximum absolute atomic E-state index is 11.0. The first kappa shape index (κ1) is 18.1. The Bertz CT molecular complexity index is 308. The molecule has 0 heterocycles.